The zero-order valence-corrected chi connectivity index (χ0v) is 13.9. The second-order valence-electron chi connectivity index (χ2n) is 6.20. The first-order chi connectivity index (χ1) is 9.24. The summed E-state index contributed by atoms with van der Waals surface area (Å²) in [5.74, 6) is -1.07. The van der Waals surface area contributed by atoms with Gasteiger partial charge < -0.3 is 10.0 Å². The molecule has 4 heteroatoms. The number of carboxylic acids is 1. The van der Waals surface area contributed by atoms with Gasteiger partial charge in [-0.2, -0.15) is 0 Å². The van der Waals surface area contributed by atoms with Crippen LogP contribution in [0.25, 0.3) is 0 Å². The average Bonchev–Trinajstić information content (AvgIpc) is 2.37. The van der Waals surface area contributed by atoms with Crippen molar-refractivity contribution in [3.8, 4) is 0 Å². The molecule has 20 heavy (non-hydrogen) atoms. The average molecular weight is 285 g/mol. The van der Waals surface area contributed by atoms with Gasteiger partial charge in [0.2, 0.25) is 5.91 Å². The second kappa shape index (κ2) is 8.28. The van der Waals surface area contributed by atoms with Gasteiger partial charge in [-0.3, -0.25) is 9.59 Å². The van der Waals surface area contributed by atoms with Gasteiger partial charge in [-0.1, -0.05) is 34.6 Å². The lowest BCUT2D eigenvalue weighted by atomic mass is 9.80. The predicted octanol–water partition coefficient (Wildman–Crippen LogP) is 3.55. The summed E-state index contributed by atoms with van der Waals surface area (Å²) in [7, 11) is 0. The van der Waals surface area contributed by atoms with Crippen LogP contribution in [0.5, 0.6) is 0 Å². The number of hydrogen-bond acceptors (Lipinski definition) is 2. The third-order valence-corrected chi connectivity index (χ3v) is 3.87. The van der Waals surface area contributed by atoms with E-state index < -0.39 is 11.4 Å². The van der Waals surface area contributed by atoms with Crippen LogP contribution in [-0.2, 0) is 9.59 Å². The molecule has 0 aliphatic heterocycles. The molecule has 0 aromatic heterocycles. The van der Waals surface area contributed by atoms with E-state index in [1.54, 1.807) is 11.8 Å². The van der Waals surface area contributed by atoms with Crippen molar-refractivity contribution < 1.29 is 14.7 Å². The van der Waals surface area contributed by atoms with Crippen molar-refractivity contribution in [3.05, 3.63) is 0 Å². The summed E-state index contributed by atoms with van der Waals surface area (Å²) >= 11 is 0. The van der Waals surface area contributed by atoms with Crippen LogP contribution >= 0.6 is 0 Å². The van der Waals surface area contributed by atoms with Gasteiger partial charge in [0.15, 0.2) is 0 Å². The van der Waals surface area contributed by atoms with Crippen LogP contribution in [0.3, 0.4) is 0 Å². The highest BCUT2D eigenvalue weighted by Gasteiger charge is 2.45. The second-order valence-corrected chi connectivity index (χ2v) is 6.20. The zero-order chi connectivity index (χ0) is 15.9. The zero-order valence-electron chi connectivity index (χ0n) is 13.9. The number of rotatable bonds is 9. The molecule has 1 atom stereocenters. The maximum Gasteiger partial charge on any atom is 0.318 e. The number of carbonyl (C=O) groups excluding carboxylic acids is 1. The SMILES string of the molecule is CCCN(C(=O)[C@@](C)(CC(C)C)C(=O)O)C(CC)CC. The van der Waals surface area contributed by atoms with Gasteiger partial charge in [0.05, 0.1) is 0 Å². The molecule has 0 bridgehead atoms. The molecule has 0 fully saturated rings. The molecule has 1 amide bonds. The number of hydrogen-bond donors (Lipinski definition) is 1. The summed E-state index contributed by atoms with van der Waals surface area (Å²) in [6.07, 6.45) is 2.94. The van der Waals surface area contributed by atoms with E-state index in [4.69, 9.17) is 0 Å². The van der Waals surface area contributed by atoms with Crippen LogP contribution in [0, 0.1) is 11.3 Å². The standard InChI is InChI=1S/C16H31NO3/c1-7-10-17(13(8-2)9-3)14(18)16(6,15(19)20)11-12(4)5/h12-13H,7-11H2,1-6H3,(H,19,20)/t16-/m1/s1. The van der Waals surface area contributed by atoms with Crippen LogP contribution in [0.15, 0.2) is 0 Å². The number of carbonyl (C=O) groups is 2. The fraction of sp³-hybridized carbons (Fsp3) is 0.875. The topological polar surface area (TPSA) is 57.6 Å². The van der Waals surface area contributed by atoms with E-state index in [0.29, 0.717) is 13.0 Å². The molecule has 0 aliphatic rings. The third-order valence-electron chi connectivity index (χ3n) is 3.87. The molecule has 1 N–H and O–H groups in total. The maximum atomic E-state index is 12.8. The molecule has 0 aromatic rings. The van der Waals surface area contributed by atoms with Gasteiger partial charge in [0.1, 0.15) is 5.41 Å². The molecule has 0 spiro atoms. The minimum absolute atomic E-state index is 0.133. The summed E-state index contributed by atoms with van der Waals surface area (Å²) in [6.45, 7) is 12.2. The molecule has 0 saturated carbocycles. The van der Waals surface area contributed by atoms with Crippen LogP contribution in [-0.4, -0.2) is 34.5 Å². The van der Waals surface area contributed by atoms with Gasteiger partial charge in [-0.25, -0.2) is 0 Å². The molecular weight excluding hydrogens is 254 g/mol. The molecule has 0 unspecified atom stereocenters. The van der Waals surface area contributed by atoms with Crippen molar-refractivity contribution in [1.29, 1.82) is 0 Å². The molecule has 0 aliphatic carbocycles. The van der Waals surface area contributed by atoms with Crippen LogP contribution in [0.2, 0.25) is 0 Å². The summed E-state index contributed by atoms with van der Waals surface area (Å²) in [6, 6.07) is 0.133. The lowest BCUT2D eigenvalue weighted by Crippen LogP contribution is -2.51. The van der Waals surface area contributed by atoms with Crippen molar-refractivity contribution >= 4 is 11.9 Å². The molecule has 0 saturated heterocycles. The van der Waals surface area contributed by atoms with Gasteiger partial charge >= 0.3 is 5.97 Å². The molecule has 4 nitrogen and oxygen atoms in total. The first-order valence-corrected chi connectivity index (χ1v) is 7.78. The predicted molar refractivity (Wildman–Crippen MR) is 81.6 cm³/mol. The molecule has 0 heterocycles. The van der Waals surface area contributed by atoms with E-state index >= 15 is 0 Å². The molecule has 0 radical (unpaired) electrons. The summed E-state index contributed by atoms with van der Waals surface area (Å²) in [5.41, 5.74) is -1.31. The first-order valence-electron chi connectivity index (χ1n) is 7.78. The van der Waals surface area contributed by atoms with Gasteiger partial charge in [-0.15, -0.1) is 0 Å². The van der Waals surface area contributed by atoms with Crippen molar-refractivity contribution in [2.45, 2.75) is 73.3 Å². The lowest BCUT2D eigenvalue weighted by Gasteiger charge is -2.37. The number of amides is 1. The van der Waals surface area contributed by atoms with Crippen molar-refractivity contribution in [3.63, 3.8) is 0 Å². The van der Waals surface area contributed by atoms with Crippen molar-refractivity contribution in [2.75, 3.05) is 6.54 Å². The summed E-state index contributed by atoms with van der Waals surface area (Å²) < 4.78 is 0. The number of carboxylic acid groups (broad SMARTS) is 1. The van der Waals surface area contributed by atoms with E-state index in [0.717, 1.165) is 19.3 Å². The largest absolute Gasteiger partial charge is 0.480 e. The Bertz CT molecular complexity index is 324. The fourth-order valence-electron chi connectivity index (χ4n) is 2.82. The minimum Gasteiger partial charge on any atom is -0.480 e. The first kappa shape index (κ1) is 18.9. The van der Waals surface area contributed by atoms with Gasteiger partial charge in [-0.05, 0) is 38.5 Å². The highest BCUT2D eigenvalue weighted by molar-refractivity contribution is 6.01. The summed E-state index contributed by atoms with van der Waals surface area (Å²) in [4.78, 5) is 26.3. The Labute approximate surface area is 123 Å². The number of nitrogens with zero attached hydrogens (tertiary/aromatic N) is 1. The highest BCUT2D eigenvalue weighted by Crippen LogP contribution is 2.30. The smallest absolute Gasteiger partial charge is 0.318 e. The fourth-order valence-corrected chi connectivity index (χ4v) is 2.82. The maximum absolute atomic E-state index is 12.8. The Morgan fingerprint density at radius 1 is 1.15 bits per heavy atom. The molecule has 0 aromatic carbocycles. The molecular formula is C16H31NO3. The Balaban J connectivity index is 5.41. The lowest BCUT2D eigenvalue weighted by molar-refractivity contribution is -0.162. The van der Waals surface area contributed by atoms with Crippen LogP contribution < -0.4 is 0 Å². The normalized spacial score (nSPS) is 14.4. The quantitative estimate of drug-likeness (QED) is 0.659. The summed E-state index contributed by atoms with van der Waals surface area (Å²) in [5, 5.41) is 9.55. The van der Waals surface area contributed by atoms with Crippen molar-refractivity contribution in [2.24, 2.45) is 11.3 Å². The van der Waals surface area contributed by atoms with Crippen LogP contribution in [0.4, 0.5) is 0 Å². The van der Waals surface area contributed by atoms with E-state index in [-0.39, 0.29) is 17.9 Å². The monoisotopic (exact) mass is 285 g/mol. The van der Waals surface area contributed by atoms with Gasteiger partial charge in [0, 0.05) is 12.6 Å². The Morgan fingerprint density at radius 2 is 1.65 bits per heavy atom. The van der Waals surface area contributed by atoms with E-state index in [1.807, 2.05) is 34.6 Å². The van der Waals surface area contributed by atoms with Gasteiger partial charge in [0.25, 0.3) is 0 Å². The molecule has 118 valence electrons. The number of aliphatic carboxylic acids is 1. The highest BCUT2D eigenvalue weighted by atomic mass is 16.4. The van der Waals surface area contributed by atoms with E-state index in [2.05, 4.69) is 0 Å². The Kier molecular flexibility index (Phi) is 7.84. The Morgan fingerprint density at radius 3 is 1.95 bits per heavy atom. The minimum atomic E-state index is -1.31. The van der Waals surface area contributed by atoms with E-state index in [9.17, 15) is 14.7 Å². The van der Waals surface area contributed by atoms with E-state index in [1.165, 1.54) is 0 Å². The third kappa shape index (κ3) is 4.50. The van der Waals surface area contributed by atoms with Crippen molar-refractivity contribution in [1.82, 2.24) is 4.90 Å². The van der Waals surface area contributed by atoms with Crippen LogP contribution in [0.1, 0.15) is 67.2 Å². The molecule has 0 rings (SSSR count). The Hall–Kier alpha value is -1.06.